The van der Waals surface area contributed by atoms with E-state index in [1.807, 2.05) is 19.1 Å². The third-order valence-corrected chi connectivity index (χ3v) is 4.98. The first-order chi connectivity index (χ1) is 11.8. The van der Waals surface area contributed by atoms with Gasteiger partial charge >= 0.3 is 5.97 Å². The second kappa shape index (κ2) is 8.56. The maximum Gasteiger partial charge on any atom is 0.308 e. The molecular weight excluding hydrogens is 342 g/mol. The van der Waals surface area contributed by atoms with Crippen molar-refractivity contribution < 1.29 is 19.1 Å². The molecule has 1 aromatic carbocycles. The Kier molecular flexibility index (Phi) is 6.71. The van der Waals surface area contributed by atoms with Crippen LogP contribution in [0.5, 0.6) is 5.75 Å². The number of aryl methyl sites for hydroxylation is 1. The minimum Gasteiger partial charge on any atom is -0.483 e. The highest BCUT2D eigenvalue weighted by atomic mass is 35.5. The van der Waals surface area contributed by atoms with Crippen molar-refractivity contribution >= 4 is 23.5 Å². The molecule has 138 valence electrons. The lowest BCUT2D eigenvalue weighted by Gasteiger charge is -2.30. The molecule has 1 aliphatic heterocycles. The number of halogens is 1. The monoisotopic (exact) mass is 367 g/mol. The van der Waals surface area contributed by atoms with Crippen LogP contribution in [0.15, 0.2) is 12.1 Å². The average molecular weight is 368 g/mol. The summed E-state index contributed by atoms with van der Waals surface area (Å²) < 4.78 is 10.5. The minimum absolute atomic E-state index is 0.0110. The highest BCUT2D eigenvalue weighted by Gasteiger charge is 2.28. The van der Waals surface area contributed by atoms with Crippen molar-refractivity contribution in [3.05, 3.63) is 28.3 Å². The first-order valence-electron chi connectivity index (χ1n) is 8.62. The summed E-state index contributed by atoms with van der Waals surface area (Å²) in [5, 5.41) is 0.719. The second-order valence-corrected chi connectivity index (χ2v) is 7.17. The summed E-state index contributed by atoms with van der Waals surface area (Å²) in [6.07, 6.45) is 1.27. The summed E-state index contributed by atoms with van der Waals surface area (Å²) in [5.74, 6) is 0.599. The van der Waals surface area contributed by atoms with Crippen LogP contribution in [0, 0.1) is 12.8 Å². The molecule has 0 unspecified atom stereocenters. The number of nitrogens with zero attached hydrogens (tertiary/aromatic N) is 1. The number of carbonyl (C=O) groups excluding carboxylic acids is 2. The highest BCUT2D eigenvalue weighted by molar-refractivity contribution is 6.31. The van der Waals surface area contributed by atoms with Crippen LogP contribution in [0.2, 0.25) is 5.02 Å². The Morgan fingerprint density at radius 1 is 1.28 bits per heavy atom. The van der Waals surface area contributed by atoms with Crippen LogP contribution in [-0.4, -0.2) is 43.6 Å². The average Bonchev–Trinajstić information content (AvgIpc) is 2.59. The van der Waals surface area contributed by atoms with Crippen molar-refractivity contribution in [2.75, 3.05) is 26.8 Å². The van der Waals surface area contributed by atoms with Gasteiger partial charge in [0.05, 0.1) is 13.0 Å². The second-order valence-electron chi connectivity index (χ2n) is 6.76. The lowest BCUT2D eigenvalue weighted by Crippen LogP contribution is -2.42. The van der Waals surface area contributed by atoms with Crippen LogP contribution in [0.4, 0.5) is 0 Å². The van der Waals surface area contributed by atoms with E-state index in [0.717, 1.165) is 16.1 Å². The third-order valence-electron chi connectivity index (χ3n) is 4.65. The van der Waals surface area contributed by atoms with E-state index < -0.39 is 0 Å². The van der Waals surface area contributed by atoms with E-state index in [1.165, 1.54) is 7.11 Å². The van der Waals surface area contributed by atoms with Gasteiger partial charge in [0.2, 0.25) is 0 Å². The van der Waals surface area contributed by atoms with Crippen LogP contribution in [-0.2, 0) is 14.3 Å². The van der Waals surface area contributed by atoms with Crippen LogP contribution in [0.1, 0.15) is 43.7 Å². The predicted molar refractivity (Wildman–Crippen MR) is 97.1 cm³/mol. The summed E-state index contributed by atoms with van der Waals surface area (Å²) in [6, 6.07) is 3.79. The molecule has 0 aliphatic carbocycles. The standard InChI is InChI=1S/C19H26ClNO4/c1-12(2)15-10-17(13(3)9-16(15)20)25-11-18(22)21-7-5-14(6-8-21)19(23)24-4/h9-10,12,14H,5-8,11H2,1-4H3. The molecule has 5 nitrogen and oxygen atoms in total. The molecule has 0 aromatic heterocycles. The highest BCUT2D eigenvalue weighted by Crippen LogP contribution is 2.31. The van der Waals surface area contributed by atoms with Crippen LogP contribution in [0.25, 0.3) is 0 Å². The smallest absolute Gasteiger partial charge is 0.308 e. The minimum atomic E-state index is -0.193. The van der Waals surface area contributed by atoms with E-state index in [-0.39, 0.29) is 30.3 Å². The Bertz CT molecular complexity index is 637. The van der Waals surface area contributed by atoms with Gasteiger partial charge in [0, 0.05) is 18.1 Å². The Morgan fingerprint density at radius 2 is 1.92 bits per heavy atom. The van der Waals surface area contributed by atoms with Crippen molar-refractivity contribution in [2.45, 2.75) is 39.5 Å². The Morgan fingerprint density at radius 3 is 2.48 bits per heavy atom. The molecule has 6 heteroatoms. The molecule has 1 aromatic rings. The maximum absolute atomic E-state index is 12.4. The lowest BCUT2D eigenvalue weighted by molar-refractivity contribution is -0.149. The number of carbonyl (C=O) groups is 2. The topological polar surface area (TPSA) is 55.8 Å². The van der Waals surface area contributed by atoms with E-state index in [0.29, 0.717) is 31.7 Å². The fourth-order valence-electron chi connectivity index (χ4n) is 3.03. The molecule has 2 rings (SSSR count). The zero-order valence-corrected chi connectivity index (χ0v) is 16.1. The quantitative estimate of drug-likeness (QED) is 0.746. The van der Waals surface area contributed by atoms with Crippen molar-refractivity contribution in [1.82, 2.24) is 4.90 Å². The molecule has 1 aliphatic rings. The number of amides is 1. The molecule has 0 bridgehead atoms. The number of hydrogen-bond donors (Lipinski definition) is 0. The molecule has 25 heavy (non-hydrogen) atoms. The molecule has 1 heterocycles. The normalized spacial score (nSPS) is 15.4. The van der Waals surface area contributed by atoms with Gasteiger partial charge in [-0.15, -0.1) is 0 Å². The van der Waals surface area contributed by atoms with Gasteiger partial charge in [-0.05, 0) is 48.9 Å². The van der Waals surface area contributed by atoms with Crippen LogP contribution in [0.3, 0.4) is 0 Å². The Labute approximate surface area is 154 Å². The van der Waals surface area contributed by atoms with Gasteiger partial charge in [0.15, 0.2) is 6.61 Å². The SMILES string of the molecule is COC(=O)C1CCN(C(=O)COc2cc(C(C)C)c(Cl)cc2C)CC1. The summed E-state index contributed by atoms with van der Waals surface area (Å²) in [5.41, 5.74) is 1.92. The van der Waals surface area contributed by atoms with E-state index in [9.17, 15) is 9.59 Å². The molecule has 0 radical (unpaired) electrons. The molecular formula is C19H26ClNO4. The number of benzene rings is 1. The van der Waals surface area contributed by atoms with Gasteiger partial charge in [-0.3, -0.25) is 9.59 Å². The number of methoxy groups -OCH3 is 1. The summed E-state index contributed by atoms with van der Waals surface area (Å²) in [7, 11) is 1.40. The van der Waals surface area contributed by atoms with Gasteiger partial charge in [-0.2, -0.15) is 0 Å². The number of rotatable bonds is 5. The number of hydrogen-bond acceptors (Lipinski definition) is 4. The van der Waals surface area contributed by atoms with E-state index >= 15 is 0 Å². The molecule has 0 atom stereocenters. The first-order valence-corrected chi connectivity index (χ1v) is 8.99. The van der Waals surface area contributed by atoms with Crippen molar-refractivity contribution in [1.29, 1.82) is 0 Å². The molecule has 0 spiro atoms. The first kappa shape index (κ1) is 19.6. The maximum atomic E-state index is 12.4. The van der Waals surface area contributed by atoms with Gasteiger partial charge < -0.3 is 14.4 Å². The van der Waals surface area contributed by atoms with Gasteiger partial charge in [0.1, 0.15) is 5.75 Å². The number of ether oxygens (including phenoxy) is 2. The van der Waals surface area contributed by atoms with Crippen molar-refractivity contribution in [2.24, 2.45) is 5.92 Å². The summed E-state index contributed by atoms with van der Waals surface area (Å²) in [4.78, 5) is 25.7. The number of esters is 1. The van der Waals surface area contributed by atoms with Crippen LogP contribution >= 0.6 is 11.6 Å². The third kappa shape index (κ3) is 4.88. The lowest BCUT2D eigenvalue weighted by atomic mass is 9.97. The number of piperidine rings is 1. The fraction of sp³-hybridized carbons (Fsp3) is 0.579. The largest absolute Gasteiger partial charge is 0.483 e. The van der Waals surface area contributed by atoms with E-state index in [2.05, 4.69) is 13.8 Å². The van der Waals surface area contributed by atoms with Gasteiger partial charge in [0.25, 0.3) is 5.91 Å². The molecule has 0 N–H and O–H groups in total. The summed E-state index contributed by atoms with van der Waals surface area (Å²) in [6.45, 7) is 7.14. The number of likely N-dealkylation sites (tertiary alicyclic amines) is 1. The molecule has 1 amide bonds. The zero-order valence-electron chi connectivity index (χ0n) is 15.3. The molecule has 0 saturated carbocycles. The molecule has 1 saturated heterocycles. The van der Waals surface area contributed by atoms with E-state index in [1.54, 1.807) is 4.90 Å². The van der Waals surface area contributed by atoms with Crippen molar-refractivity contribution in [3.8, 4) is 5.75 Å². The fourth-order valence-corrected chi connectivity index (χ4v) is 3.46. The van der Waals surface area contributed by atoms with Crippen molar-refractivity contribution in [3.63, 3.8) is 0 Å². The summed E-state index contributed by atoms with van der Waals surface area (Å²) >= 11 is 6.26. The zero-order chi connectivity index (χ0) is 18.6. The predicted octanol–water partition coefficient (Wildman–Crippen LogP) is 3.56. The molecule has 1 fully saturated rings. The van der Waals surface area contributed by atoms with Crippen LogP contribution < -0.4 is 4.74 Å². The van der Waals surface area contributed by atoms with Gasteiger partial charge in [-0.1, -0.05) is 25.4 Å². The Hall–Kier alpha value is -1.75. The Balaban J connectivity index is 1.93. The van der Waals surface area contributed by atoms with Gasteiger partial charge in [-0.25, -0.2) is 0 Å². The van der Waals surface area contributed by atoms with E-state index in [4.69, 9.17) is 21.1 Å².